The van der Waals surface area contributed by atoms with E-state index in [1.807, 2.05) is 42.5 Å². The summed E-state index contributed by atoms with van der Waals surface area (Å²) in [7, 11) is 0. The zero-order chi connectivity index (χ0) is 12.1. The first-order valence-electron chi connectivity index (χ1n) is 5.43. The molecule has 2 aromatic carbocycles. The lowest BCUT2D eigenvalue weighted by Gasteiger charge is -2.05. The maximum atomic E-state index is 10.6. The molecule has 0 spiro atoms. The fraction of sp³-hybridized carbons (Fsp3) is 0.0714. The summed E-state index contributed by atoms with van der Waals surface area (Å²) in [6.07, 6.45) is 0. The Morgan fingerprint density at radius 3 is 2.12 bits per heavy atom. The molecule has 3 N–H and O–H groups in total. The molecule has 0 heterocycles. The summed E-state index contributed by atoms with van der Waals surface area (Å²) in [6, 6.07) is 18.0. The Morgan fingerprint density at radius 2 is 1.53 bits per heavy atom. The lowest BCUT2D eigenvalue weighted by molar-refractivity contribution is -0.116. The van der Waals surface area contributed by atoms with Crippen molar-refractivity contribution in [3.05, 3.63) is 54.6 Å². The van der Waals surface area contributed by atoms with Crippen LogP contribution in [0.3, 0.4) is 0 Å². The van der Waals surface area contributed by atoms with Crippen molar-refractivity contribution in [3.8, 4) is 11.1 Å². The van der Waals surface area contributed by atoms with Crippen LogP contribution < -0.4 is 11.1 Å². The average molecular weight is 226 g/mol. The number of amides is 1. The molecule has 0 fully saturated rings. The van der Waals surface area contributed by atoms with E-state index in [1.165, 1.54) is 5.56 Å². The predicted molar refractivity (Wildman–Crippen MR) is 69.6 cm³/mol. The van der Waals surface area contributed by atoms with Crippen LogP contribution in [0, 0.1) is 0 Å². The number of carbonyl (C=O) groups is 1. The van der Waals surface area contributed by atoms with Crippen LogP contribution in [0.4, 0.5) is 5.69 Å². The van der Waals surface area contributed by atoms with Gasteiger partial charge in [-0.1, -0.05) is 42.5 Å². The second-order valence-electron chi connectivity index (χ2n) is 3.76. The molecule has 0 saturated carbocycles. The Hall–Kier alpha value is -2.29. The van der Waals surface area contributed by atoms with Crippen LogP contribution in [0.25, 0.3) is 11.1 Å². The van der Waals surface area contributed by atoms with Crippen LogP contribution in [0.15, 0.2) is 54.6 Å². The Labute approximate surface area is 100 Å². The quantitative estimate of drug-likeness (QED) is 0.840. The Balaban J connectivity index is 2.11. The largest absolute Gasteiger partial charge is 0.376 e. The van der Waals surface area contributed by atoms with Crippen molar-refractivity contribution in [2.24, 2.45) is 5.73 Å². The van der Waals surface area contributed by atoms with Crippen molar-refractivity contribution >= 4 is 11.6 Å². The minimum Gasteiger partial charge on any atom is -0.376 e. The Morgan fingerprint density at radius 1 is 0.941 bits per heavy atom. The van der Waals surface area contributed by atoms with Gasteiger partial charge in [0, 0.05) is 5.69 Å². The van der Waals surface area contributed by atoms with Crippen molar-refractivity contribution in [2.45, 2.75) is 0 Å². The summed E-state index contributed by atoms with van der Waals surface area (Å²) >= 11 is 0. The van der Waals surface area contributed by atoms with E-state index in [0.717, 1.165) is 11.3 Å². The number of primary amides is 1. The van der Waals surface area contributed by atoms with Crippen LogP contribution in [-0.2, 0) is 4.79 Å². The molecule has 0 saturated heterocycles. The van der Waals surface area contributed by atoms with E-state index in [-0.39, 0.29) is 12.5 Å². The molecule has 86 valence electrons. The number of rotatable bonds is 4. The number of nitrogens with two attached hydrogens (primary N) is 1. The van der Waals surface area contributed by atoms with Gasteiger partial charge >= 0.3 is 0 Å². The van der Waals surface area contributed by atoms with E-state index in [0.29, 0.717) is 0 Å². The molecule has 2 aromatic rings. The molecule has 0 unspecified atom stereocenters. The van der Waals surface area contributed by atoms with Gasteiger partial charge in [0.25, 0.3) is 0 Å². The van der Waals surface area contributed by atoms with E-state index >= 15 is 0 Å². The van der Waals surface area contributed by atoms with Crippen molar-refractivity contribution in [2.75, 3.05) is 11.9 Å². The summed E-state index contributed by atoms with van der Waals surface area (Å²) in [5.41, 5.74) is 8.28. The summed E-state index contributed by atoms with van der Waals surface area (Å²) in [6.45, 7) is 0.157. The lowest BCUT2D eigenvalue weighted by Crippen LogP contribution is -2.21. The molecule has 2 rings (SSSR count). The molecule has 0 atom stereocenters. The Kier molecular flexibility index (Phi) is 3.40. The average Bonchev–Trinajstić information content (AvgIpc) is 2.38. The third kappa shape index (κ3) is 3.08. The zero-order valence-corrected chi connectivity index (χ0v) is 9.39. The van der Waals surface area contributed by atoms with E-state index in [9.17, 15) is 4.79 Å². The van der Waals surface area contributed by atoms with Gasteiger partial charge in [-0.25, -0.2) is 0 Å². The fourth-order valence-corrected chi connectivity index (χ4v) is 1.60. The van der Waals surface area contributed by atoms with Gasteiger partial charge < -0.3 is 11.1 Å². The van der Waals surface area contributed by atoms with E-state index in [1.54, 1.807) is 0 Å². The van der Waals surface area contributed by atoms with Gasteiger partial charge in [0.1, 0.15) is 0 Å². The minimum atomic E-state index is -0.364. The molecule has 1 amide bonds. The Bertz CT molecular complexity index is 491. The molecule has 3 heteroatoms. The highest BCUT2D eigenvalue weighted by Crippen LogP contribution is 2.20. The van der Waals surface area contributed by atoms with Crippen LogP contribution >= 0.6 is 0 Å². The van der Waals surface area contributed by atoms with Crippen molar-refractivity contribution < 1.29 is 4.79 Å². The van der Waals surface area contributed by atoms with Crippen molar-refractivity contribution in [1.82, 2.24) is 0 Å². The first kappa shape index (κ1) is 11.2. The second-order valence-corrected chi connectivity index (χ2v) is 3.76. The lowest BCUT2D eigenvalue weighted by atomic mass is 10.1. The monoisotopic (exact) mass is 226 g/mol. The highest BCUT2D eigenvalue weighted by molar-refractivity contribution is 5.79. The summed E-state index contributed by atoms with van der Waals surface area (Å²) in [5.74, 6) is -0.364. The first-order valence-corrected chi connectivity index (χ1v) is 5.43. The van der Waals surface area contributed by atoms with Gasteiger partial charge in [0.05, 0.1) is 6.54 Å². The maximum Gasteiger partial charge on any atom is 0.236 e. The molecule has 0 aliphatic rings. The highest BCUT2D eigenvalue weighted by atomic mass is 16.1. The molecule has 0 radical (unpaired) electrons. The molecule has 3 nitrogen and oxygen atoms in total. The number of carbonyl (C=O) groups excluding carboxylic acids is 1. The summed E-state index contributed by atoms with van der Waals surface area (Å²) < 4.78 is 0. The number of nitrogens with one attached hydrogen (secondary N) is 1. The predicted octanol–water partition coefficient (Wildman–Crippen LogP) is 2.25. The number of anilines is 1. The zero-order valence-electron chi connectivity index (χ0n) is 9.39. The highest BCUT2D eigenvalue weighted by Gasteiger charge is 1.98. The third-order valence-electron chi connectivity index (χ3n) is 2.46. The summed E-state index contributed by atoms with van der Waals surface area (Å²) in [4.78, 5) is 10.6. The van der Waals surface area contributed by atoms with Crippen LogP contribution in [0.1, 0.15) is 0 Å². The molecular weight excluding hydrogens is 212 g/mol. The molecule has 0 aliphatic carbocycles. The normalized spacial score (nSPS) is 9.88. The second kappa shape index (κ2) is 5.16. The van der Waals surface area contributed by atoms with Gasteiger partial charge in [-0.3, -0.25) is 4.79 Å². The number of benzene rings is 2. The number of hydrogen-bond acceptors (Lipinski definition) is 2. The van der Waals surface area contributed by atoms with E-state index < -0.39 is 0 Å². The van der Waals surface area contributed by atoms with Gasteiger partial charge in [0.15, 0.2) is 0 Å². The van der Waals surface area contributed by atoms with Gasteiger partial charge in [-0.05, 0) is 23.3 Å². The summed E-state index contributed by atoms with van der Waals surface area (Å²) in [5, 5.41) is 2.95. The third-order valence-corrected chi connectivity index (χ3v) is 2.46. The molecular formula is C14H14N2O. The molecule has 0 aromatic heterocycles. The standard InChI is InChI=1S/C14H14N2O/c15-14(17)10-16-13-8-6-12(7-9-13)11-4-2-1-3-5-11/h1-9,16H,10H2,(H2,15,17). The van der Waals surface area contributed by atoms with Gasteiger partial charge in [-0.15, -0.1) is 0 Å². The van der Waals surface area contributed by atoms with Crippen LogP contribution in [0.5, 0.6) is 0 Å². The van der Waals surface area contributed by atoms with Gasteiger partial charge in [0.2, 0.25) is 5.91 Å². The molecule has 17 heavy (non-hydrogen) atoms. The maximum absolute atomic E-state index is 10.6. The topological polar surface area (TPSA) is 55.1 Å². The minimum absolute atomic E-state index is 0.157. The van der Waals surface area contributed by atoms with Crippen LogP contribution in [0.2, 0.25) is 0 Å². The fourth-order valence-electron chi connectivity index (χ4n) is 1.60. The molecule has 0 aliphatic heterocycles. The van der Waals surface area contributed by atoms with E-state index in [4.69, 9.17) is 5.73 Å². The SMILES string of the molecule is NC(=O)CNc1ccc(-c2ccccc2)cc1. The number of hydrogen-bond donors (Lipinski definition) is 2. The smallest absolute Gasteiger partial charge is 0.236 e. The van der Waals surface area contributed by atoms with Crippen molar-refractivity contribution in [3.63, 3.8) is 0 Å². The van der Waals surface area contributed by atoms with Crippen LogP contribution in [-0.4, -0.2) is 12.5 Å². The first-order chi connectivity index (χ1) is 8.25. The van der Waals surface area contributed by atoms with E-state index in [2.05, 4.69) is 17.4 Å². The van der Waals surface area contributed by atoms with Crippen molar-refractivity contribution in [1.29, 1.82) is 0 Å². The molecule has 0 bridgehead atoms. The van der Waals surface area contributed by atoms with Gasteiger partial charge in [-0.2, -0.15) is 0 Å².